The molecular formula is C19H22N2O3. The van der Waals surface area contributed by atoms with E-state index < -0.39 is 0 Å². The van der Waals surface area contributed by atoms with Gasteiger partial charge in [0, 0.05) is 37.2 Å². The molecule has 1 saturated carbocycles. The SMILES string of the molecule is O=C([C@H]1C[C@@H]1c1ccco1)N1CCC(COc2ccccn2)CC1. The van der Waals surface area contributed by atoms with Crippen LogP contribution < -0.4 is 4.74 Å². The fraction of sp³-hybridized carbons (Fsp3) is 0.474. The summed E-state index contributed by atoms with van der Waals surface area (Å²) >= 11 is 0. The second-order valence-electron chi connectivity index (χ2n) is 6.71. The van der Waals surface area contributed by atoms with Crippen molar-refractivity contribution in [3.8, 4) is 5.88 Å². The number of pyridine rings is 1. The van der Waals surface area contributed by atoms with Crippen LogP contribution in [0.3, 0.4) is 0 Å². The summed E-state index contributed by atoms with van der Waals surface area (Å²) in [5.41, 5.74) is 0. The van der Waals surface area contributed by atoms with E-state index in [9.17, 15) is 4.79 Å². The fourth-order valence-corrected chi connectivity index (χ4v) is 3.47. The molecule has 0 N–H and O–H groups in total. The van der Waals surface area contributed by atoms with Crippen molar-refractivity contribution in [2.45, 2.75) is 25.2 Å². The van der Waals surface area contributed by atoms with E-state index in [1.54, 1.807) is 12.5 Å². The molecule has 2 atom stereocenters. The lowest BCUT2D eigenvalue weighted by Crippen LogP contribution is -2.40. The molecule has 1 saturated heterocycles. The van der Waals surface area contributed by atoms with Gasteiger partial charge in [-0.25, -0.2) is 4.98 Å². The molecule has 0 aromatic carbocycles. The number of rotatable bonds is 5. The Morgan fingerprint density at radius 2 is 2.12 bits per heavy atom. The first-order chi connectivity index (χ1) is 11.8. The third kappa shape index (κ3) is 3.30. The van der Waals surface area contributed by atoms with Crippen LogP contribution in [0.2, 0.25) is 0 Å². The predicted molar refractivity (Wildman–Crippen MR) is 88.6 cm³/mol. The molecule has 5 nitrogen and oxygen atoms in total. The van der Waals surface area contributed by atoms with Crippen LogP contribution in [-0.2, 0) is 4.79 Å². The molecule has 3 heterocycles. The summed E-state index contributed by atoms with van der Waals surface area (Å²) in [6.45, 7) is 2.34. The van der Waals surface area contributed by atoms with Crippen LogP contribution in [0.15, 0.2) is 47.2 Å². The zero-order valence-corrected chi connectivity index (χ0v) is 13.6. The van der Waals surface area contributed by atoms with Gasteiger partial charge in [-0.05, 0) is 43.4 Å². The van der Waals surface area contributed by atoms with Crippen molar-refractivity contribution in [2.75, 3.05) is 19.7 Å². The number of aromatic nitrogens is 1. The second kappa shape index (κ2) is 6.67. The molecule has 2 aromatic heterocycles. The quantitative estimate of drug-likeness (QED) is 0.847. The van der Waals surface area contributed by atoms with Gasteiger partial charge in [-0.3, -0.25) is 4.79 Å². The average Bonchev–Trinajstić information content (AvgIpc) is 3.25. The molecule has 24 heavy (non-hydrogen) atoms. The van der Waals surface area contributed by atoms with E-state index in [0.717, 1.165) is 38.1 Å². The Balaban J connectivity index is 1.22. The van der Waals surface area contributed by atoms with Crippen LogP contribution in [0.5, 0.6) is 5.88 Å². The smallest absolute Gasteiger partial charge is 0.226 e. The first-order valence-electron chi connectivity index (χ1n) is 8.67. The number of hydrogen-bond donors (Lipinski definition) is 0. The number of nitrogens with zero attached hydrogens (tertiary/aromatic N) is 2. The van der Waals surface area contributed by atoms with Gasteiger partial charge in [0.2, 0.25) is 11.8 Å². The Labute approximate surface area is 141 Å². The van der Waals surface area contributed by atoms with Gasteiger partial charge in [-0.2, -0.15) is 0 Å². The van der Waals surface area contributed by atoms with E-state index in [1.807, 2.05) is 35.2 Å². The lowest BCUT2D eigenvalue weighted by atomic mass is 9.97. The molecule has 4 rings (SSSR count). The standard InChI is InChI=1S/C19H22N2O3/c22-19(16-12-15(16)17-4-3-11-23-17)21-9-6-14(7-10-21)13-24-18-5-1-2-8-20-18/h1-5,8,11,14-16H,6-7,9-10,12-13H2/t15-,16-/m0/s1. The largest absolute Gasteiger partial charge is 0.477 e. The Morgan fingerprint density at radius 3 is 2.83 bits per heavy atom. The van der Waals surface area contributed by atoms with Crippen molar-refractivity contribution in [1.29, 1.82) is 0 Å². The zero-order valence-electron chi connectivity index (χ0n) is 13.6. The predicted octanol–water partition coefficient (Wildman–Crippen LogP) is 3.10. The number of amides is 1. The summed E-state index contributed by atoms with van der Waals surface area (Å²) in [5.74, 6) is 2.83. The lowest BCUT2D eigenvalue weighted by molar-refractivity contribution is -0.134. The topological polar surface area (TPSA) is 55.6 Å². The summed E-state index contributed by atoms with van der Waals surface area (Å²) in [4.78, 5) is 18.8. The molecule has 2 aliphatic rings. The highest BCUT2D eigenvalue weighted by Gasteiger charge is 2.47. The van der Waals surface area contributed by atoms with Gasteiger partial charge in [-0.15, -0.1) is 0 Å². The van der Waals surface area contributed by atoms with Crippen LogP contribution in [0.4, 0.5) is 0 Å². The molecular weight excluding hydrogens is 304 g/mol. The monoisotopic (exact) mass is 326 g/mol. The lowest BCUT2D eigenvalue weighted by Gasteiger charge is -2.32. The van der Waals surface area contributed by atoms with E-state index in [0.29, 0.717) is 24.3 Å². The highest BCUT2D eigenvalue weighted by Crippen LogP contribution is 2.48. The molecule has 1 aliphatic carbocycles. The van der Waals surface area contributed by atoms with Crippen LogP contribution in [0, 0.1) is 11.8 Å². The second-order valence-corrected chi connectivity index (χ2v) is 6.71. The van der Waals surface area contributed by atoms with Crippen LogP contribution in [0.25, 0.3) is 0 Å². The minimum Gasteiger partial charge on any atom is -0.477 e. The first-order valence-corrected chi connectivity index (χ1v) is 8.67. The maximum atomic E-state index is 12.6. The summed E-state index contributed by atoms with van der Waals surface area (Å²) in [5, 5.41) is 0. The van der Waals surface area contributed by atoms with Crippen LogP contribution in [0.1, 0.15) is 30.9 Å². The maximum Gasteiger partial charge on any atom is 0.226 e. The Bertz CT molecular complexity index is 663. The van der Waals surface area contributed by atoms with Crippen LogP contribution in [-0.4, -0.2) is 35.5 Å². The minimum atomic E-state index is 0.123. The van der Waals surface area contributed by atoms with E-state index in [1.165, 1.54) is 0 Å². The third-order valence-corrected chi connectivity index (χ3v) is 5.05. The van der Waals surface area contributed by atoms with E-state index in [2.05, 4.69) is 4.98 Å². The van der Waals surface area contributed by atoms with Gasteiger partial charge in [-0.1, -0.05) is 6.07 Å². The highest BCUT2D eigenvalue weighted by atomic mass is 16.5. The van der Waals surface area contributed by atoms with Crippen LogP contribution >= 0.6 is 0 Å². The van der Waals surface area contributed by atoms with Gasteiger partial charge in [0.25, 0.3) is 0 Å². The fourth-order valence-electron chi connectivity index (χ4n) is 3.47. The number of carbonyl (C=O) groups is 1. The first kappa shape index (κ1) is 15.2. The van der Waals surface area contributed by atoms with Gasteiger partial charge in [0.15, 0.2) is 0 Å². The Morgan fingerprint density at radius 1 is 1.25 bits per heavy atom. The minimum absolute atomic E-state index is 0.123. The number of piperidine rings is 1. The average molecular weight is 326 g/mol. The molecule has 5 heteroatoms. The van der Waals surface area contributed by atoms with E-state index in [-0.39, 0.29) is 11.8 Å². The summed E-state index contributed by atoms with van der Waals surface area (Å²) in [6, 6.07) is 9.54. The highest BCUT2D eigenvalue weighted by molar-refractivity contribution is 5.82. The molecule has 0 radical (unpaired) electrons. The molecule has 126 valence electrons. The van der Waals surface area contributed by atoms with Crippen molar-refractivity contribution < 1.29 is 13.9 Å². The number of ether oxygens (including phenoxy) is 1. The van der Waals surface area contributed by atoms with Crippen molar-refractivity contribution in [3.63, 3.8) is 0 Å². The molecule has 1 aliphatic heterocycles. The number of hydrogen-bond acceptors (Lipinski definition) is 4. The molecule has 2 fully saturated rings. The van der Waals surface area contributed by atoms with Gasteiger partial charge in [0.1, 0.15) is 5.76 Å². The molecule has 0 unspecified atom stereocenters. The van der Waals surface area contributed by atoms with Crippen molar-refractivity contribution in [2.24, 2.45) is 11.8 Å². The van der Waals surface area contributed by atoms with Crippen molar-refractivity contribution >= 4 is 5.91 Å². The molecule has 2 aromatic rings. The summed E-state index contributed by atoms with van der Waals surface area (Å²) in [7, 11) is 0. The number of furan rings is 1. The molecule has 1 amide bonds. The van der Waals surface area contributed by atoms with Crippen molar-refractivity contribution in [3.05, 3.63) is 48.6 Å². The zero-order chi connectivity index (χ0) is 16.4. The van der Waals surface area contributed by atoms with Gasteiger partial charge < -0.3 is 14.1 Å². The van der Waals surface area contributed by atoms with Gasteiger partial charge in [0.05, 0.1) is 12.9 Å². The number of carbonyl (C=O) groups excluding carboxylic acids is 1. The third-order valence-electron chi connectivity index (χ3n) is 5.05. The van der Waals surface area contributed by atoms with Crippen molar-refractivity contribution in [1.82, 2.24) is 9.88 Å². The summed E-state index contributed by atoms with van der Waals surface area (Å²) < 4.78 is 11.2. The number of likely N-dealkylation sites (tertiary alicyclic amines) is 1. The molecule has 0 bridgehead atoms. The Hall–Kier alpha value is -2.30. The maximum absolute atomic E-state index is 12.6. The van der Waals surface area contributed by atoms with E-state index >= 15 is 0 Å². The van der Waals surface area contributed by atoms with E-state index in [4.69, 9.17) is 9.15 Å². The Kier molecular flexibility index (Phi) is 4.24. The van der Waals surface area contributed by atoms with Gasteiger partial charge >= 0.3 is 0 Å². The summed E-state index contributed by atoms with van der Waals surface area (Å²) in [6.07, 6.45) is 6.34. The molecule has 0 spiro atoms. The normalized spacial score (nSPS) is 23.9.